The second-order valence-corrected chi connectivity index (χ2v) is 4.24. The van der Waals surface area contributed by atoms with Gasteiger partial charge in [-0.15, -0.1) is 0 Å². The van der Waals surface area contributed by atoms with E-state index in [0.717, 1.165) is 5.56 Å². The topological polar surface area (TPSA) is 29.5 Å². The molecule has 0 unspecified atom stereocenters. The maximum Gasteiger partial charge on any atom is 0.197 e. The van der Waals surface area contributed by atoms with Crippen LogP contribution in [0.4, 0.5) is 0 Å². The van der Waals surface area contributed by atoms with Crippen molar-refractivity contribution in [3.63, 3.8) is 0 Å². The predicted octanol–water partition coefficient (Wildman–Crippen LogP) is 2.02. The van der Waals surface area contributed by atoms with Gasteiger partial charge in [-0.3, -0.25) is 4.79 Å². The lowest BCUT2D eigenvalue weighted by atomic mass is 9.99. The molecule has 0 aromatic heterocycles. The summed E-state index contributed by atoms with van der Waals surface area (Å²) in [6.07, 6.45) is 1.81. The highest BCUT2D eigenvalue weighted by molar-refractivity contribution is 6.11. The highest BCUT2D eigenvalue weighted by Crippen LogP contribution is 2.27. The lowest BCUT2D eigenvalue weighted by molar-refractivity contribution is 0.0996. The van der Waals surface area contributed by atoms with E-state index in [1.54, 1.807) is 0 Å². The van der Waals surface area contributed by atoms with E-state index < -0.39 is 0 Å². The molecular formula is C13H15NO2. The van der Waals surface area contributed by atoms with Crippen LogP contribution in [0.5, 0.6) is 5.75 Å². The van der Waals surface area contributed by atoms with Crippen molar-refractivity contribution in [2.75, 3.05) is 20.7 Å². The molecule has 0 spiro atoms. The molecule has 0 fully saturated rings. The fraction of sp³-hybridized carbons (Fsp3) is 0.308. The second kappa shape index (κ2) is 4.00. The Bertz CT molecular complexity index is 461. The average Bonchev–Trinajstić information content (AvgIpc) is 2.22. The molecule has 84 valence electrons. The first-order valence-corrected chi connectivity index (χ1v) is 5.23. The summed E-state index contributed by atoms with van der Waals surface area (Å²) in [5.74, 6) is 0.755. The number of carbonyl (C=O) groups excluding carboxylic acids is 1. The Balaban J connectivity index is 2.42. The van der Waals surface area contributed by atoms with E-state index in [4.69, 9.17) is 4.74 Å². The van der Waals surface area contributed by atoms with Gasteiger partial charge in [0.15, 0.2) is 5.78 Å². The maximum absolute atomic E-state index is 12.1. The summed E-state index contributed by atoms with van der Waals surface area (Å²) in [4.78, 5) is 14.0. The molecule has 1 aromatic carbocycles. The molecule has 3 heteroatoms. The van der Waals surface area contributed by atoms with Gasteiger partial charge < -0.3 is 9.64 Å². The number of aryl methyl sites for hydroxylation is 1. The van der Waals surface area contributed by atoms with E-state index in [9.17, 15) is 4.79 Å². The van der Waals surface area contributed by atoms with E-state index in [-0.39, 0.29) is 5.78 Å². The quantitative estimate of drug-likeness (QED) is 0.674. The van der Waals surface area contributed by atoms with Crippen LogP contribution in [0.15, 0.2) is 30.0 Å². The second-order valence-electron chi connectivity index (χ2n) is 4.24. The lowest BCUT2D eigenvalue weighted by Crippen LogP contribution is -2.21. The minimum Gasteiger partial charge on any atom is -0.488 e. The molecule has 0 aliphatic carbocycles. The van der Waals surface area contributed by atoms with Gasteiger partial charge in [-0.25, -0.2) is 0 Å². The average molecular weight is 217 g/mol. The summed E-state index contributed by atoms with van der Waals surface area (Å²) in [6, 6.07) is 5.68. The predicted molar refractivity (Wildman–Crippen MR) is 62.8 cm³/mol. The van der Waals surface area contributed by atoms with Crippen LogP contribution in [0.1, 0.15) is 15.9 Å². The minimum absolute atomic E-state index is 0.0682. The van der Waals surface area contributed by atoms with Crippen LogP contribution in [0.3, 0.4) is 0 Å². The summed E-state index contributed by atoms with van der Waals surface area (Å²) in [5, 5.41) is 0. The Kier molecular flexibility index (Phi) is 2.69. The molecule has 0 bridgehead atoms. The largest absolute Gasteiger partial charge is 0.488 e. The van der Waals surface area contributed by atoms with Crippen LogP contribution in [-0.4, -0.2) is 31.4 Å². The number of benzene rings is 1. The molecule has 16 heavy (non-hydrogen) atoms. The third-order valence-electron chi connectivity index (χ3n) is 2.47. The Morgan fingerprint density at radius 3 is 2.81 bits per heavy atom. The van der Waals surface area contributed by atoms with E-state index in [0.29, 0.717) is 23.5 Å². The molecular weight excluding hydrogens is 202 g/mol. The summed E-state index contributed by atoms with van der Waals surface area (Å²) >= 11 is 0. The summed E-state index contributed by atoms with van der Waals surface area (Å²) < 4.78 is 5.55. The molecule has 0 amide bonds. The molecule has 0 saturated heterocycles. The van der Waals surface area contributed by atoms with Gasteiger partial charge in [-0.1, -0.05) is 11.6 Å². The van der Waals surface area contributed by atoms with Crippen molar-refractivity contribution in [2.45, 2.75) is 6.92 Å². The number of ketones is 1. The Hall–Kier alpha value is -1.77. The molecule has 0 atom stereocenters. The zero-order valence-electron chi connectivity index (χ0n) is 9.78. The molecule has 1 heterocycles. The van der Waals surface area contributed by atoms with Gasteiger partial charge >= 0.3 is 0 Å². The summed E-state index contributed by atoms with van der Waals surface area (Å²) in [6.45, 7) is 2.32. The van der Waals surface area contributed by atoms with Crippen LogP contribution in [0, 0.1) is 6.92 Å². The van der Waals surface area contributed by atoms with E-state index in [1.165, 1.54) is 0 Å². The van der Waals surface area contributed by atoms with Crippen LogP contribution in [-0.2, 0) is 0 Å². The van der Waals surface area contributed by atoms with Gasteiger partial charge in [0.05, 0.1) is 11.1 Å². The van der Waals surface area contributed by atoms with Gasteiger partial charge in [0.25, 0.3) is 0 Å². The monoisotopic (exact) mass is 217 g/mol. The molecule has 0 N–H and O–H groups in total. The molecule has 0 saturated carbocycles. The first-order valence-electron chi connectivity index (χ1n) is 5.23. The third kappa shape index (κ3) is 1.94. The minimum atomic E-state index is 0.0682. The zero-order chi connectivity index (χ0) is 11.7. The number of nitrogens with zero attached hydrogens (tertiary/aromatic N) is 1. The fourth-order valence-electron chi connectivity index (χ4n) is 1.75. The van der Waals surface area contributed by atoms with E-state index in [1.807, 2.05) is 50.3 Å². The number of Topliss-reactive ketones (excluding diaryl/α,β-unsaturated/α-hetero) is 1. The van der Waals surface area contributed by atoms with E-state index in [2.05, 4.69) is 0 Å². The highest BCUT2D eigenvalue weighted by Gasteiger charge is 2.23. The number of rotatable bonds is 1. The van der Waals surface area contributed by atoms with E-state index >= 15 is 0 Å². The summed E-state index contributed by atoms with van der Waals surface area (Å²) in [5.41, 5.74) is 2.43. The molecule has 1 aliphatic heterocycles. The SMILES string of the molecule is Cc1ccc2c(c1)C(=O)/C(=C/N(C)C)CO2. The van der Waals surface area contributed by atoms with Crippen LogP contribution < -0.4 is 4.74 Å². The van der Waals surface area contributed by atoms with Crippen molar-refractivity contribution in [2.24, 2.45) is 0 Å². The van der Waals surface area contributed by atoms with Crippen molar-refractivity contribution in [3.8, 4) is 5.75 Å². The number of hydrogen-bond acceptors (Lipinski definition) is 3. The normalized spacial score (nSPS) is 16.9. The van der Waals surface area contributed by atoms with Gasteiger partial charge in [0.1, 0.15) is 12.4 Å². The molecule has 3 nitrogen and oxygen atoms in total. The molecule has 1 aliphatic rings. The lowest BCUT2D eigenvalue weighted by Gasteiger charge is -2.20. The summed E-state index contributed by atoms with van der Waals surface area (Å²) in [7, 11) is 3.79. The first-order chi connectivity index (χ1) is 7.58. The first kappa shape index (κ1) is 10.7. The van der Waals surface area contributed by atoms with Crippen LogP contribution >= 0.6 is 0 Å². The van der Waals surface area contributed by atoms with Gasteiger partial charge in [-0.05, 0) is 19.1 Å². The van der Waals surface area contributed by atoms with Crippen molar-refractivity contribution in [1.82, 2.24) is 4.90 Å². The number of ether oxygens (including phenoxy) is 1. The maximum atomic E-state index is 12.1. The van der Waals surface area contributed by atoms with Gasteiger partial charge in [-0.2, -0.15) is 0 Å². The van der Waals surface area contributed by atoms with Crippen LogP contribution in [0.25, 0.3) is 0 Å². The number of carbonyl (C=O) groups is 1. The number of fused-ring (bicyclic) bond motifs is 1. The van der Waals surface area contributed by atoms with Crippen molar-refractivity contribution in [3.05, 3.63) is 41.1 Å². The molecule has 1 aromatic rings. The van der Waals surface area contributed by atoms with Crippen molar-refractivity contribution in [1.29, 1.82) is 0 Å². The standard InChI is InChI=1S/C13H15NO2/c1-9-4-5-12-11(6-9)13(15)10(8-16-12)7-14(2)3/h4-7H,8H2,1-3H3/b10-7+. The van der Waals surface area contributed by atoms with Gasteiger partial charge in [0, 0.05) is 20.3 Å². The van der Waals surface area contributed by atoms with Gasteiger partial charge in [0.2, 0.25) is 0 Å². The third-order valence-corrected chi connectivity index (χ3v) is 2.47. The Morgan fingerprint density at radius 2 is 2.12 bits per heavy atom. The number of hydrogen-bond donors (Lipinski definition) is 0. The Labute approximate surface area is 95.3 Å². The highest BCUT2D eigenvalue weighted by atomic mass is 16.5. The zero-order valence-corrected chi connectivity index (χ0v) is 9.78. The fourth-order valence-corrected chi connectivity index (χ4v) is 1.75. The molecule has 0 radical (unpaired) electrons. The Morgan fingerprint density at radius 1 is 1.38 bits per heavy atom. The van der Waals surface area contributed by atoms with Crippen LogP contribution in [0.2, 0.25) is 0 Å². The van der Waals surface area contributed by atoms with Crippen molar-refractivity contribution >= 4 is 5.78 Å². The molecule has 2 rings (SSSR count). The van der Waals surface area contributed by atoms with Crippen molar-refractivity contribution < 1.29 is 9.53 Å². The smallest absolute Gasteiger partial charge is 0.197 e.